The molecule has 0 saturated heterocycles. The number of aryl methyl sites for hydroxylation is 1. The number of amides is 1. The Bertz CT molecular complexity index is 637. The predicted octanol–water partition coefficient (Wildman–Crippen LogP) is 1.90. The summed E-state index contributed by atoms with van der Waals surface area (Å²) in [6.45, 7) is 3.74. The highest BCUT2D eigenvalue weighted by molar-refractivity contribution is 6.34. The Morgan fingerprint density at radius 1 is 1.37 bits per heavy atom. The lowest BCUT2D eigenvalue weighted by Crippen LogP contribution is -2.38. The number of aromatic nitrogens is 3. The lowest BCUT2D eigenvalue weighted by Gasteiger charge is -2.27. The minimum Gasteiger partial charge on any atom is -0.329 e. The Morgan fingerprint density at radius 2 is 2.21 bits per heavy atom. The summed E-state index contributed by atoms with van der Waals surface area (Å²) >= 11 is 6.21. The van der Waals surface area contributed by atoms with Gasteiger partial charge in [0.2, 0.25) is 0 Å². The maximum atomic E-state index is 12.5. The van der Waals surface area contributed by atoms with Crippen molar-refractivity contribution in [2.75, 3.05) is 6.54 Å². The van der Waals surface area contributed by atoms with E-state index in [2.05, 4.69) is 10.2 Å². The molecule has 0 fully saturated rings. The molecule has 2 aromatic rings. The summed E-state index contributed by atoms with van der Waals surface area (Å²) in [5, 5.41) is 8.39. The standard InChI is InChI=1S/C13H13ClN4O/c1-9-3-2-4-10(12(9)14)13(19)17-5-6-18-8-15-16-11(18)7-17/h2-4,8H,5-7H2,1H3. The van der Waals surface area contributed by atoms with E-state index < -0.39 is 0 Å². The number of rotatable bonds is 1. The molecule has 0 radical (unpaired) electrons. The van der Waals surface area contributed by atoms with Gasteiger partial charge in [0.25, 0.3) is 5.91 Å². The van der Waals surface area contributed by atoms with E-state index in [4.69, 9.17) is 11.6 Å². The molecule has 0 unspecified atom stereocenters. The number of hydrogen-bond acceptors (Lipinski definition) is 3. The van der Waals surface area contributed by atoms with Crippen LogP contribution in [0.2, 0.25) is 5.02 Å². The molecule has 19 heavy (non-hydrogen) atoms. The molecular formula is C13H13ClN4O. The molecule has 0 N–H and O–H groups in total. The zero-order valence-corrected chi connectivity index (χ0v) is 11.3. The van der Waals surface area contributed by atoms with E-state index in [1.807, 2.05) is 23.6 Å². The van der Waals surface area contributed by atoms with Crippen molar-refractivity contribution in [1.82, 2.24) is 19.7 Å². The molecule has 0 atom stereocenters. The number of nitrogens with zero attached hydrogens (tertiary/aromatic N) is 4. The van der Waals surface area contributed by atoms with Gasteiger partial charge in [-0.15, -0.1) is 10.2 Å². The Hall–Kier alpha value is -1.88. The van der Waals surface area contributed by atoms with Crippen molar-refractivity contribution in [1.29, 1.82) is 0 Å². The van der Waals surface area contributed by atoms with E-state index in [-0.39, 0.29) is 5.91 Å². The molecule has 1 aromatic carbocycles. The third-order valence-corrected chi connectivity index (χ3v) is 3.85. The molecule has 1 amide bonds. The van der Waals surface area contributed by atoms with Crippen LogP contribution in [0.4, 0.5) is 0 Å². The van der Waals surface area contributed by atoms with Crippen LogP contribution in [0.25, 0.3) is 0 Å². The quantitative estimate of drug-likeness (QED) is 0.799. The second-order valence-electron chi connectivity index (χ2n) is 4.60. The van der Waals surface area contributed by atoms with Crippen molar-refractivity contribution in [2.45, 2.75) is 20.0 Å². The summed E-state index contributed by atoms with van der Waals surface area (Å²) < 4.78 is 1.96. The Morgan fingerprint density at radius 3 is 3.05 bits per heavy atom. The van der Waals surface area contributed by atoms with E-state index in [1.165, 1.54) is 0 Å². The van der Waals surface area contributed by atoms with Crippen LogP contribution in [0.15, 0.2) is 24.5 Å². The third-order valence-electron chi connectivity index (χ3n) is 3.35. The van der Waals surface area contributed by atoms with Gasteiger partial charge in [0.1, 0.15) is 6.33 Å². The van der Waals surface area contributed by atoms with Crippen LogP contribution in [0.5, 0.6) is 0 Å². The minimum absolute atomic E-state index is 0.0528. The van der Waals surface area contributed by atoms with Gasteiger partial charge < -0.3 is 9.47 Å². The highest BCUT2D eigenvalue weighted by Crippen LogP contribution is 2.23. The van der Waals surface area contributed by atoms with Crippen molar-refractivity contribution in [3.05, 3.63) is 46.5 Å². The molecular weight excluding hydrogens is 264 g/mol. The summed E-state index contributed by atoms with van der Waals surface area (Å²) in [5.74, 6) is 0.756. The average Bonchev–Trinajstić information content (AvgIpc) is 2.88. The van der Waals surface area contributed by atoms with Crippen LogP contribution in [-0.2, 0) is 13.1 Å². The van der Waals surface area contributed by atoms with Crippen molar-refractivity contribution in [2.24, 2.45) is 0 Å². The van der Waals surface area contributed by atoms with Gasteiger partial charge in [-0.3, -0.25) is 4.79 Å². The second-order valence-corrected chi connectivity index (χ2v) is 4.98. The molecule has 3 rings (SSSR count). The second kappa shape index (κ2) is 4.66. The van der Waals surface area contributed by atoms with Crippen LogP contribution in [0.1, 0.15) is 21.7 Å². The Labute approximate surface area is 115 Å². The lowest BCUT2D eigenvalue weighted by molar-refractivity contribution is 0.0707. The molecule has 1 aliphatic heterocycles. The fourth-order valence-electron chi connectivity index (χ4n) is 2.22. The van der Waals surface area contributed by atoms with Crippen molar-refractivity contribution < 1.29 is 4.79 Å². The smallest absolute Gasteiger partial charge is 0.255 e. The van der Waals surface area contributed by atoms with Crippen LogP contribution >= 0.6 is 11.6 Å². The Kier molecular flexibility index (Phi) is 2.98. The van der Waals surface area contributed by atoms with E-state index >= 15 is 0 Å². The van der Waals surface area contributed by atoms with Crippen LogP contribution in [-0.4, -0.2) is 32.1 Å². The van der Waals surface area contributed by atoms with E-state index in [1.54, 1.807) is 17.3 Å². The Balaban J connectivity index is 1.88. The van der Waals surface area contributed by atoms with Crippen molar-refractivity contribution in [3.8, 4) is 0 Å². The molecule has 2 heterocycles. The first-order valence-electron chi connectivity index (χ1n) is 6.08. The van der Waals surface area contributed by atoms with Gasteiger partial charge in [-0.2, -0.15) is 0 Å². The SMILES string of the molecule is Cc1cccc(C(=O)N2CCn3cnnc3C2)c1Cl. The van der Waals surface area contributed by atoms with Gasteiger partial charge in [0.15, 0.2) is 5.82 Å². The van der Waals surface area contributed by atoms with E-state index in [0.717, 1.165) is 17.9 Å². The zero-order chi connectivity index (χ0) is 13.4. The topological polar surface area (TPSA) is 51.0 Å². The predicted molar refractivity (Wildman–Crippen MR) is 71.0 cm³/mol. The number of halogens is 1. The number of benzene rings is 1. The van der Waals surface area contributed by atoms with E-state index in [9.17, 15) is 4.79 Å². The molecule has 0 bridgehead atoms. The van der Waals surface area contributed by atoms with Crippen LogP contribution in [0.3, 0.4) is 0 Å². The zero-order valence-electron chi connectivity index (χ0n) is 10.5. The minimum atomic E-state index is -0.0528. The summed E-state index contributed by atoms with van der Waals surface area (Å²) in [5.41, 5.74) is 1.46. The highest BCUT2D eigenvalue weighted by atomic mass is 35.5. The molecule has 0 spiro atoms. The first-order chi connectivity index (χ1) is 9.16. The van der Waals surface area contributed by atoms with Crippen molar-refractivity contribution >= 4 is 17.5 Å². The van der Waals surface area contributed by atoms with Crippen LogP contribution in [0, 0.1) is 6.92 Å². The number of carbonyl (C=O) groups excluding carboxylic acids is 1. The van der Waals surface area contributed by atoms with Gasteiger partial charge in [0, 0.05) is 13.1 Å². The fraction of sp³-hybridized carbons (Fsp3) is 0.308. The molecule has 1 aliphatic rings. The summed E-state index contributed by atoms with van der Waals surface area (Å²) in [6.07, 6.45) is 1.69. The largest absolute Gasteiger partial charge is 0.329 e. The van der Waals surface area contributed by atoms with Crippen LogP contribution < -0.4 is 0 Å². The maximum Gasteiger partial charge on any atom is 0.255 e. The lowest BCUT2D eigenvalue weighted by atomic mass is 10.1. The number of carbonyl (C=O) groups is 1. The maximum absolute atomic E-state index is 12.5. The molecule has 0 saturated carbocycles. The fourth-order valence-corrected chi connectivity index (χ4v) is 2.43. The van der Waals surface area contributed by atoms with Gasteiger partial charge in [-0.05, 0) is 18.6 Å². The van der Waals surface area contributed by atoms with Gasteiger partial charge in [0.05, 0.1) is 17.1 Å². The summed E-state index contributed by atoms with van der Waals surface area (Å²) in [7, 11) is 0. The third kappa shape index (κ3) is 2.10. The molecule has 98 valence electrons. The summed E-state index contributed by atoms with van der Waals surface area (Å²) in [6, 6.07) is 5.50. The first-order valence-corrected chi connectivity index (χ1v) is 6.45. The number of hydrogen-bond donors (Lipinski definition) is 0. The molecule has 5 nitrogen and oxygen atoms in total. The average molecular weight is 277 g/mol. The van der Waals surface area contributed by atoms with Crippen molar-refractivity contribution in [3.63, 3.8) is 0 Å². The monoisotopic (exact) mass is 276 g/mol. The summed E-state index contributed by atoms with van der Waals surface area (Å²) in [4.78, 5) is 14.2. The first kappa shape index (κ1) is 12.2. The normalized spacial score (nSPS) is 14.3. The van der Waals surface area contributed by atoms with Gasteiger partial charge in [-0.1, -0.05) is 23.7 Å². The highest BCUT2D eigenvalue weighted by Gasteiger charge is 2.24. The van der Waals surface area contributed by atoms with Gasteiger partial charge >= 0.3 is 0 Å². The number of fused-ring (bicyclic) bond motifs is 1. The molecule has 1 aromatic heterocycles. The molecule has 0 aliphatic carbocycles. The van der Waals surface area contributed by atoms with Gasteiger partial charge in [-0.25, -0.2) is 0 Å². The van der Waals surface area contributed by atoms with E-state index in [0.29, 0.717) is 23.7 Å². The molecule has 6 heteroatoms.